The van der Waals surface area contributed by atoms with Gasteiger partial charge in [0.15, 0.2) is 0 Å². The first-order valence-corrected chi connectivity index (χ1v) is 21.3. The molecule has 3 aliphatic rings. The molecule has 0 aromatic heterocycles. The fraction of sp³-hybridized carbons (Fsp3) is 0.119. The first-order valence-electron chi connectivity index (χ1n) is 21.3. The van der Waals surface area contributed by atoms with Gasteiger partial charge in [-0.15, -0.1) is 6.42 Å². The van der Waals surface area contributed by atoms with Crippen molar-refractivity contribution in [1.29, 1.82) is 0 Å². The molecule has 0 saturated heterocycles. The number of aromatic hydroxyl groups is 1. The van der Waals surface area contributed by atoms with E-state index in [4.69, 9.17) is 6.42 Å². The van der Waals surface area contributed by atoms with Crippen LogP contribution in [0.3, 0.4) is 0 Å². The van der Waals surface area contributed by atoms with Gasteiger partial charge in [-0.05, 0) is 117 Å². The lowest BCUT2D eigenvalue weighted by Crippen LogP contribution is -2.36. The van der Waals surface area contributed by atoms with E-state index in [1.807, 2.05) is 25.1 Å². The highest BCUT2D eigenvalue weighted by Gasteiger charge is 2.52. The molecule has 3 aliphatic carbocycles. The molecule has 10 rings (SSSR count). The Morgan fingerprint density at radius 1 is 0.656 bits per heavy atom. The minimum Gasteiger partial charge on any atom is -0.507 e. The van der Waals surface area contributed by atoms with Crippen LogP contribution in [0.5, 0.6) is 5.75 Å². The van der Waals surface area contributed by atoms with Crippen LogP contribution in [0.25, 0.3) is 44.5 Å². The van der Waals surface area contributed by atoms with E-state index in [9.17, 15) is 5.11 Å². The number of benzene rings is 7. The van der Waals surface area contributed by atoms with E-state index in [0.717, 1.165) is 73.6 Å². The molecule has 2 unspecified atom stereocenters. The topological polar surface area (TPSA) is 23.5 Å². The summed E-state index contributed by atoms with van der Waals surface area (Å²) in [4.78, 5) is 2.41. The Morgan fingerprint density at radius 2 is 1.30 bits per heavy atom. The number of fused-ring (bicyclic) bond motifs is 6. The van der Waals surface area contributed by atoms with Gasteiger partial charge in [-0.2, -0.15) is 0 Å². The van der Waals surface area contributed by atoms with Crippen molar-refractivity contribution < 1.29 is 5.11 Å². The monoisotopic (exact) mass is 785 g/mol. The van der Waals surface area contributed by atoms with Crippen LogP contribution in [-0.4, -0.2) is 5.11 Å². The Kier molecular flexibility index (Phi) is 9.35. The number of terminal acetylenes is 1. The molecule has 0 fully saturated rings. The number of nitrogens with zero attached hydrogens (tertiary/aromatic N) is 1. The molecule has 0 bridgehead atoms. The second-order valence-electron chi connectivity index (χ2n) is 16.8. The average Bonchev–Trinajstić information content (AvgIpc) is 3.75. The molecule has 0 heterocycles. The normalized spacial score (nSPS) is 18.0. The van der Waals surface area contributed by atoms with E-state index < -0.39 is 5.41 Å². The van der Waals surface area contributed by atoms with Gasteiger partial charge in [0.05, 0.1) is 11.1 Å². The largest absolute Gasteiger partial charge is 0.507 e. The molecule has 0 aliphatic heterocycles. The number of hydrogen-bond donors (Lipinski definition) is 1. The minimum atomic E-state index is -0.719. The lowest BCUT2D eigenvalue weighted by molar-refractivity contribution is 0.454. The van der Waals surface area contributed by atoms with Gasteiger partial charge in [0, 0.05) is 33.5 Å². The van der Waals surface area contributed by atoms with E-state index in [2.05, 4.69) is 207 Å². The van der Waals surface area contributed by atoms with Crippen molar-refractivity contribution in [3.8, 4) is 62.6 Å². The zero-order chi connectivity index (χ0) is 41.7. The Balaban J connectivity index is 1.18. The zero-order valence-corrected chi connectivity index (χ0v) is 34.8. The van der Waals surface area contributed by atoms with Gasteiger partial charge in [0.2, 0.25) is 0 Å². The molecule has 1 N–H and O–H groups in total. The van der Waals surface area contributed by atoms with Crippen molar-refractivity contribution in [2.24, 2.45) is 5.92 Å². The van der Waals surface area contributed by atoms with Gasteiger partial charge in [0.1, 0.15) is 5.75 Å². The van der Waals surface area contributed by atoms with Crippen LogP contribution in [0, 0.1) is 18.3 Å². The van der Waals surface area contributed by atoms with Gasteiger partial charge in [-0.3, -0.25) is 0 Å². The lowest BCUT2D eigenvalue weighted by atomic mass is 9.60. The Labute approximate surface area is 360 Å². The molecule has 0 saturated carbocycles. The summed E-state index contributed by atoms with van der Waals surface area (Å²) in [6, 6.07) is 56.5. The molecule has 7 aromatic rings. The first kappa shape index (κ1) is 37.9. The van der Waals surface area contributed by atoms with Crippen molar-refractivity contribution >= 4 is 17.1 Å². The SMILES string of the molecule is C#C/C(=C\C=C/C)C1(C2C=CC=CC2)c2ccccc2-c2c(O)ccc(-c3ccc(N(c4ccc5c(c4)C(C)(C)c4ccccc4-5)c4ccccc4-c4ccccc4)cc3)c21. The molecule has 2 atom stereocenters. The van der Waals surface area contributed by atoms with Crippen LogP contribution in [0.2, 0.25) is 0 Å². The van der Waals surface area contributed by atoms with Crippen LogP contribution in [-0.2, 0) is 10.8 Å². The quantitative estimate of drug-likeness (QED) is 0.123. The summed E-state index contributed by atoms with van der Waals surface area (Å²) in [5.41, 5.74) is 17.0. The van der Waals surface area contributed by atoms with Crippen LogP contribution >= 0.6 is 0 Å². The maximum atomic E-state index is 11.8. The summed E-state index contributed by atoms with van der Waals surface area (Å²) in [5, 5.41) is 11.8. The number of anilines is 3. The first-order chi connectivity index (χ1) is 29.9. The molecule has 0 amide bonds. The molecular formula is C59H47NO. The number of phenolic OH excluding ortho intramolecular Hbond substituents is 1. The van der Waals surface area contributed by atoms with E-state index in [1.54, 1.807) is 0 Å². The molecule has 294 valence electrons. The summed E-state index contributed by atoms with van der Waals surface area (Å²) < 4.78 is 0. The van der Waals surface area contributed by atoms with E-state index in [0.29, 0.717) is 0 Å². The summed E-state index contributed by atoms with van der Waals surface area (Å²) in [5.74, 6) is 3.45. The molecule has 0 spiro atoms. The van der Waals surface area contributed by atoms with Gasteiger partial charge in [0.25, 0.3) is 0 Å². The molecule has 2 heteroatoms. The summed E-state index contributed by atoms with van der Waals surface area (Å²) >= 11 is 0. The average molecular weight is 786 g/mol. The second-order valence-corrected chi connectivity index (χ2v) is 16.8. The Hall–Kier alpha value is -7.34. The molecule has 61 heavy (non-hydrogen) atoms. The van der Waals surface area contributed by atoms with E-state index >= 15 is 0 Å². The third-order valence-corrected chi connectivity index (χ3v) is 13.3. The highest BCUT2D eigenvalue weighted by molar-refractivity contribution is 5.95. The summed E-state index contributed by atoms with van der Waals surface area (Å²) in [7, 11) is 0. The van der Waals surface area contributed by atoms with Crippen LogP contribution in [0.4, 0.5) is 17.1 Å². The second kappa shape index (κ2) is 15.0. The maximum absolute atomic E-state index is 11.8. The van der Waals surface area contributed by atoms with E-state index in [1.165, 1.54) is 22.3 Å². The number of para-hydroxylation sites is 1. The standard InChI is InChI=1S/C59H47NO/c1-5-7-22-42(6-2)59(43-23-12-9-13-24-43)52-29-18-15-27-50(52)56-55(61)38-37-47(57(56)59)41-31-33-44(34-32-41)60(54-30-19-16-25-46(54)40-20-10-8-11-21-40)45-35-36-49-48-26-14-17-28-51(48)58(3,4)53(49)39-45/h2,5,7-23,25-39,43,61H,24H2,1,3-4H3/b7-5-,42-22+. The van der Waals surface area contributed by atoms with Crippen molar-refractivity contribution in [1.82, 2.24) is 0 Å². The lowest BCUT2D eigenvalue weighted by Gasteiger charge is -2.40. The highest BCUT2D eigenvalue weighted by atomic mass is 16.3. The van der Waals surface area contributed by atoms with Crippen molar-refractivity contribution in [2.75, 3.05) is 4.90 Å². The third kappa shape index (κ3) is 5.88. The van der Waals surface area contributed by atoms with Crippen LogP contribution in [0.1, 0.15) is 49.4 Å². The number of rotatable bonds is 8. The van der Waals surface area contributed by atoms with E-state index in [-0.39, 0.29) is 17.1 Å². The molecule has 2 nitrogen and oxygen atoms in total. The smallest absolute Gasteiger partial charge is 0.123 e. The Morgan fingerprint density at radius 3 is 2.03 bits per heavy atom. The number of allylic oxidation sites excluding steroid dienone is 8. The Bertz CT molecular complexity index is 3010. The fourth-order valence-electron chi connectivity index (χ4n) is 10.5. The van der Waals surface area contributed by atoms with Gasteiger partial charge in [-0.25, -0.2) is 0 Å². The maximum Gasteiger partial charge on any atom is 0.123 e. The van der Waals surface area contributed by atoms with Crippen molar-refractivity contribution in [3.63, 3.8) is 0 Å². The predicted octanol–water partition coefficient (Wildman–Crippen LogP) is 15.0. The van der Waals surface area contributed by atoms with Crippen LogP contribution in [0.15, 0.2) is 206 Å². The predicted molar refractivity (Wildman–Crippen MR) is 256 cm³/mol. The third-order valence-electron chi connectivity index (χ3n) is 13.3. The molecule has 0 radical (unpaired) electrons. The number of phenols is 1. The van der Waals surface area contributed by atoms with Gasteiger partial charge in [-0.1, -0.05) is 178 Å². The zero-order valence-electron chi connectivity index (χ0n) is 34.8. The van der Waals surface area contributed by atoms with Gasteiger partial charge < -0.3 is 10.0 Å². The highest BCUT2D eigenvalue weighted by Crippen LogP contribution is 2.62. The molecule has 7 aromatic carbocycles. The summed E-state index contributed by atoms with van der Waals surface area (Å²) in [6.45, 7) is 6.69. The fourth-order valence-corrected chi connectivity index (χ4v) is 10.5. The summed E-state index contributed by atoms with van der Waals surface area (Å²) in [6.07, 6.45) is 22.3. The van der Waals surface area contributed by atoms with Crippen molar-refractivity contribution in [2.45, 2.75) is 38.0 Å². The van der Waals surface area contributed by atoms with Crippen LogP contribution < -0.4 is 4.90 Å². The molecular weight excluding hydrogens is 739 g/mol. The van der Waals surface area contributed by atoms with Crippen molar-refractivity contribution in [3.05, 3.63) is 228 Å². The minimum absolute atomic E-state index is 0.0208. The van der Waals surface area contributed by atoms with Gasteiger partial charge >= 0.3 is 0 Å². The number of hydrogen-bond acceptors (Lipinski definition) is 2.